The van der Waals surface area contributed by atoms with E-state index in [0.717, 1.165) is 16.0 Å². The van der Waals surface area contributed by atoms with E-state index in [-0.39, 0.29) is 12.1 Å². The minimum Gasteiger partial charge on any atom is -0.457 e. The van der Waals surface area contributed by atoms with Crippen molar-refractivity contribution in [3.63, 3.8) is 0 Å². The van der Waals surface area contributed by atoms with Crippen molar-refractivity contribution in [1.82, 2.24) is 0 Å². The fourth-order valence-corrected chi connectivity index (χ4v) is 3.73. The first kappa shape index (κ1) is 18.3. The van der Waals surface area contributed by atoms with Crippen molar-refractivity contribution in [3.05, 3.63) is 95.6 Å². The van der Waals surface area contributed by atoms with Crippen LogP contribution in [0.1, 0.15) is 29.7 Å². The predicted molar refractivity (Wildman–Crippen MR) is 106 cm³/mol. The first-order valence-electron chi connectivity index (χ1n) is 8.68. The van der Waals surface area contributed by atoms with Crippen LogP contribution in [0.3, 0.4) is 0 Å². The van der Waals surface area contributed by atoms with Gasteiger partial charge in [0.05, 0.1) is 6.42 Å². The topological polar surface area (TPSA) is 26.3 Å². The number of hydrogen-bond donors (Lipinski definition) is 0. The maximum absolute atomic E-state index is 12.3. The Morgan fingerprint density at radius 2 is 1.58 bits per heavy atom. The van der Waals surface area contributed by atoms with Crippen LogP contribution in [0.25, 0.3) is 0 Å². The van der Waals surface area contributed by atoms with Crippen LogP contribution < -0.4 is 0 Å². The van der Waals surface area contributed by atoms with E-state index in [1.54, 1.807) is 11.8 Å². The Balaban J connectivity index is 1.70. The van der Waals surface area contributed by atoms with E-state index in [1.165, 1.54) is 10.5 Å². The van der Waals surface area contributed by atoms with Gasteiger partial charge >= 0.3 is 5.97 Å². The van der Waals surface area contributed by atoms with Crippen LogP contribution in [-0.4, -0.2) is 5.97 Å². The van der Waals surface area contributed by atoms with Gasteiger partial charge in [0.15, 0.2) is 0 Å². The quantitative estimate of drug-likeness (QED) is 0.504. The molecule has 0 fully saturated rings. The SMILES string of the molecule is Cc1ccc(Sc2ccccc2[C@@H](C)OC(=O)Cc2ccccc2)cc1. The second kappa shape index (κ2) is 8.72. The molecule has 3 heteroatoms. The molecule has 3 rings (SSSR count). The Kier molecular flexibility index (Phi) is 6.13. The standard InChI is InChI=1S/C23H22O2S/c1-17-12-14-20(15-13-17)26-22-11-7-6-10-21(22)18(2)25-23(24)16-19-8-4-3-5-9-19/h3-15,18H,16H2,1-2H3/t18-/m1/s1. The van der Waals surface area contributed by atoms with Gasteiger partial charge in [-0.3, -0.25) is 4.79 Å². The molecule has 0 spiro atoms. The molecule has 0 saturated carbocycles. The third-order valence-electron chi connectivity index (χ3n) is 4.11. The number of aryl methyl sites for hydroxylation is 1. The number of rotatable bonds is 6. The van der Waals surface area contributed by atoms with E-state index >= 15 is 0 Å². The lowest BCUT2D eigenvalue weighted by atomic mass is 10.1. The first-order valence-corrected chi connectivity index (χ1v) is 9.50. The van der Waals surface area contributed by atoms with Gasteiger partial charge in [0.1, 0.15) is 6.10 Å². The van der Waals surface area contributed by atoms with E-state index < -0.39 is 0 Å². The Bertz CT molecular complexity index is 857. The summed E-state index contributed by atoms with van der Waals surface area (Å²) in [6, 6.07) is 26.2. The molecule has 0 aromatic heterocycles. The second-order valence-corrected chi connectivity index (χ2v) is 7.36. The summed E-state index contributed by atoms with van der Waals surface area (Å²) in [6.07, 6.45) is -0.00120. The molecule has 0 amide bonds. The molecule has 132 valence electrons. The third-order valence-corrected chi connectivity index (χ3v) is 5.20. The van der Waals surface area contributed by atoms with Crippen molar-refractivity contribution in [1.29, 1.82) is 0 Å². The van der Waals surface area contributed by atoms with E-state index in [1.807, 2.05) is 55.5 Å². The smallest absolute Gasteiger partial charge is 0.310 e. The highest BCUT2D eigenvalue weighted by Gasteiger charge is 2.16. The van der Waals surface area contributed by atoms with Crippen LogP contribution in [-0.2, 0) is 16.0 Å². The van der Waals surface area contributed by atoms with E-state index in [2.05, 4.69) is 37.3 Å². The van der Waals surface area contributed by atoms with Gasteiger partial charge in [-0.2, -0.15) is 0 Å². The first-order chi connectivity index (χ1) is 12.6. The summed E-state index contributed by atoms with van der Waals surface area (Å²) in [7, 11) is 0. The molecule has 26 heavy (non-hydrogen) atoms. The van der Waals surface area contributed by atoms with Gasteiger partial charge in [-0.15, -0.1) is 0 Å². The van der Waals surface area contributed by atoms with Crippen LogP contribution in [0.4, 0.5) is 0 Å². The van der Waals surface area contributed by atoms with Crippen molar-refractivity contribution < 1.29 is 9.53 Å². The minimum absolute atomic E-state index is 0.209. The zero-order chi connectivity index (χ0) is 18.4. The summed E-state index contributed by atoms with van der Waals surface area (Å²) in [4.78, 5) is 14.6. The second-order valence-electron chi connectivity index (χ2n) is 6.25. The number of esters is 1. The fourth-order valence-electron chi connectivity index (χ4n) is 2.71. The van der Waals surface area contributed by atoms with Crippen molar-refractivity contribution in [2.45, 2.75) is 36.2 Å². The summed E-state index contributed by atoms with van der Waals surface area (Å²) in [5.41, 5.74) is 3.23. The van der Waals surface area contributed by atoms with Gasteiger partial charge in [-0.25, -0.2) is 0 Å². The molecule has 0 unspecified atom stereocenters. The number of carbonyl (C=O) groups excluding carboxylic acids is 1. The van der Waals surface area contributed by atoms with Gasteiger partial charge in [-0.05, 0) is 37.6 Å². The van der Waals surface area contributed by atoms with Crippen LogP contribution in [0.15, 0.2) is 88.7 Å². The Morgan fingerprint density at radius 3 is 2.31 bits per heavy atom. The van der Waals surface area contributed by atoms with Gasteiger partial charge in [0, 0.05) is 15.4 Å². The largest absolute Gasteiger partial charge is 0.457 e. The van der Waals surface area contributed by atoms with Crippen molar-refractivity contribution in [3.8, 4) is 0 Å². The molecule has 0 saturated heterocycles. The van der Waals surface area contributed by atoms with E-state index in [0.29, 0.717) is 6.42 Å². The lowest BCUT2D eigenvalue weighted by Gasteiger charge is -2.17. The summed E-state index contributed by atoms with van der Waals surface area (Å²) >= 11 is 1.69. The highest BCUT2D eigenvalue weighted by atomic mass is 32.2. The lowest BCUT2D eigenvalue weighted by molar-refractivity contribution is -0.147. The molecule has 0 N–H and O–H groups in total. The number of ether oxygens (including phenoxy) is 1. The molecule has 0 aliphatic rings. The maximum Gasteiger partial charge on any atom is 0.310 e. The average Bonchev–Trinajstić information content (AvgIpc) is 2.65. The highest BCUT2D eigenvalue weighted by Crippen LogP contribution is 2.34. The minimum atomic E-state index is -0.291. The summed E-state index contributed by atoms with van der Waals surface area (Å²) in [5.74, 6) is -0.209. The average molecular weight is 362 g/mol. The Hall–Kier alpha value is -2.52. The van der Waals surface area contributed by atoms with Crippen molar-refractivity contribution in [2.75, 3.05) is 0 Å². The van der Waals surface area contributed by atoms with Crippen LogP contribution in [0.5, 0.6) is 0 Å². The molecule has 3 aromatic rings. The van der Waals surface area contributed by atoms with Crippen LogP contribution >= 0.6 is 11.8 Å². The van der Waals surface area contributed by atoms with Crippen LogP contribution in [0.2, 0.25) is 0 Å². The Labute approximate surface area is 159 Å². The molecular formula is C23H22O2S. The predicted octanol–water partition coefficient (Wildman–Crippen LogP) is 5.99. The molecule has 1 atom stereocenters. The number of benzene rings is 3. The molecule has 0 heterocycles. The zero-order valence-corrected chi connectivity index (χ0v) is 15.8. The molecule has 2 nitrogen and oxygen atoms in total. The summed E-state index contributed by atoms with van der Waals surface area (Å²) < 4.78 is 5.69. The van der Waals surface area contributed by atoms with E-state index in [9.17, 15) is 4.79 Å². The Morgan fingerprint density at radius 1 is 0.923 bits per heavy atom. The van der Waals surface area contributed by atoms with Gasteiger partial charge in [0.25, 0.3) is 0 Å². The summed E-state index contributed by atoms with van der Waals surface area (Å²) in [5, 5.41) is 0. The highest BCUT2D eigenvalue weighted by molar-refractivity contribution is 7.99. The maximum atomic E-state index is 12.3. The normalized spacial score (nSPS) is 11.8. The molecule has 0 radical (unpaired) electrons. The van der Waals surface area contributed by atoms with Gasteiger partial charge in [0.2, 0.25) is 0 Å². The number of hydrogen-bond acceptors (Lipinski definition) is 3. The van der Waals surface area contributed by atoms with Crippen molar-refractivity contribution in [2.24, 2.45) is 0 Å². The van der Waals surface area contributed by atoms with Gasteiger partial charge in [-0.1, -0.05) is 78.0 Å². The molecular weight excluding hydrogens is 340 g/mol. The fraction of sp³-hybridized carbons (Fsp3) is 0.174. The van der Waals surface area contributed by atoms with Crippen LogP contribution in [0, 0.1) is 6.92 Å². The summed E-state index contributed by atoms with van der Waals surface area (Å²) in [6.45, 7) is 4.01. The molecule has 0 aliphatic carbocycles. The third kappa shape index (κ3) is 4.99. The molecule has 3 aromatic carbocycles. The van der Waals surface area contributed by atoms with Gasteiger partial charge < -0.3 is 4.74 Å². The number of carbonyl (C=O) groups is 1. The van der Waals surface area contributed by atoms with Crippen molar-refractivity contribution >= 4 is 17.7 Å². The lowest BCUT2D eigenvalue weighted by Crippen LogP contribution is -2.12. The molecule has 0 aliphatic heterocycles. The van der Waals surface area contributed by atoms with E-state index in [4.69, 9.17) is 4.74 Å². The monoisotopic (exact) mass is 362 g/mol. The molecule has 0 bridgehead atoms. The zero-order valence-electron chi connectivity index (χ0n) is 15.0.